The second-order valence-electron chi connectivity index (χ2n) is 6.15. The Balaban J connectivity index is 1.92. The van der Waals surface area contributed by atoms with E-state index in [1.807, 2.05) is 7.05 Å². The topological polar surface area (TPSA) is 40.5 Å². The van der Waals surface area contributed by atoms with Crippen molar-refractivity contribution in [3.05, 3.63) is 35.4 Å². The van der Waals surface area contributed by atoms with Crippen LogP contribution in [0, 0.1) is 5.41 Å². The molecule has 0 atom stereocenters. The number of carboxylic acid groups (broad SMARTS) is 1. The number of carbonyl (C=O) groups is 1. The molecule has 0 bridgehead atoms. The molecule has 0 radical (unpaired) electrons. The highest BCUT2D eigenvalue weighted by Crippen LogP contribution is 2.46. The summed E-state index contributed by atoms with van der Waals surface area (Å²) in [5.41, 5.74) is 2.12. The first kappa shape index (κ1) is 14.1. The quantitative estimate of drug-likeness (QED) is 0.855. The van der Waals surface area contributed by atoms with Crippen molar-refractivity contribution in [1.82, 2.24) is 4.90 Å². The van der Waals surface area contributed by atoms with E-state index in [0.29, 0.717) is 12.5 Å². The summed E-state index contributed by atoms with van der Waals surface area (Å²) in [6, 6.07) is 8.62. The Kier molecular flexibility index (Phi) is 3.95. The van der Waals surface area contributed by atoms with Crippen molar-refractivity contribution in [2.75, 3.05) is 13.6 Å². The third kappa shape index (κ3) is 3.35. The van der Waals surface area contributed by atoms with Gasteiger partial charge < -0.3 is 10.0 Å². The third-order valence-corrected chi connectivity index (χ3v) is 3.98. The molecule has 0 aliphatic heterocycles. The molecule has 19 heavy (non-hydrogen) atoms. The van der Waals surface area contributed by atoms with Crippen molar-refractivity contribution in [1.29, 1.82) is 0 Å². The summed E-state index contributed by atoms with van der Waals surface area (Å²) in [6.45, 7) is 5.83. The van der Waals surface area contributed by atoms with Crippen LogP contribution in [0.3, 0.4) is 0 Å². The van der Waals surface area contributed by atoms with Crippen LogP contribution in [0.1, 0.15) is 43.7 Å². The summed E-state index contributed by atoms with van der Waals surface area (Å²) in [5, 5.41) is 9.19. The normalized spacial score (nSPS) is 16.9. The van der Waals surface area contributed by atoms with Gasteiger partial charge in [-0.25, -0.2) is 0 Å². The molecule has 0 saturated heterocycles. The van der Waals surface area contributed by atoms with Crippen molar-refractivity contribution in [3.63, 3.8) is 0 Å². The van der Waals surface area contributed by atoms with Crippen LogP contribution in [0.15, 0.2) is 24.3 Å². The van der Waals surface area contributed by atoms with Gasteiger partial charge in [-0.2, -0.15) is 0 Å². The molecule has 2 rings (SSSR count). The Hall–Kier alpha value is -1.35. The maximum atomic E-state index is 11.2. The van der Waals surface area contributed by atoms with Crippen LogP contribution in [0.2, 0.25) is 0 Å². The summed E-state index contributed by atoms with van der Waals surface area (Å²) < 4.78 is 0. The predicted molar refractivity (Wildman–Crippen MR) is 76.2 cm³/mol. The Morgan fingerprint density at radius 2 is 1.89 bits per heavy atom. The van der Waals surface area contributed by atoms with Crippen molar-refractivity contribution >= 4 is 5.97 Å². The Morgan fingerprint density at radius 3 is 2.32 bits per heavy atom. The summed E-state index contributed by atoms with van der Waals surface area (Å²) in [4.78, 5) is 13.3. The molecular weight excluding hydrogens is 238 g/mol. The van der Waals surface area contributed by atoms with Gasteiger partial charge in [0, 0.05) is 13.1 Å². The predicted octanol–water partition coefficient (Wildman–Crippen LogP) is 3.11. The molecule has 1 saturated carbocycles. The fourth-order valence-electron chi connectivity index (χ4n) is 2.48. The smallest absolute Gasteiger partial charge is 0.310 e. The molecule has 104 valence electrons. The van der Waals surface area contributed by atoms with Gasteiger partial charge in [-0.3, -0.25) is 4.79 Å². The lowest BCUT2D eigenvalue weighted by atomic mass is 10.0. The van der Waals surface area contributed by atoms with Crippen LogP contribution < -0.4 is 0 Å². The van der Waals surface area contributed by atoms with Crippen molar-refractivity contribution < 1.29 is 9.90 Å². The molecule has 0 amide bonds. The first-order valence-electron chi connectivity index (χ1n) is 6.94. The van der Waals surface area contributed by atoms with Gasteiger partial charge >= 0.3 is 5.97 Å². The van der Waals surface area contributed by atoms with E-state index >= 15 is 0 Å². The number of hydrogen-bond acceptors (Lipinski definition) is 2. The van der Waals surface area contributed by atoms with E-state index < -0.39 is 11.4 Å². The minimum absolute atomic E-state index is 0.466. The van der Waals surface area contributed by atoms with E-state index in [1.165, 1.54) is 11.1 Å². The molecule has 0 spiro atoms. The molecular formula is C16H23NO2. The lowest BCUT2D eigenvalue weighted by molar-refractivity contribution is -0.144. The van der Waals surface area contributed by atoms with E-state index in [9.17, 15) is 9.90 Å². The van der Waals surface area contributed by atoms with Gasteiger partial charge in [0.15, 0.2) is 0 Å². The number of carboxylic acids is 1. The highest BCUT2D eigenvalue weighted by atomic mass is 16.4. The molecule has 1 N–H and O–H groups in total. The molecule has 0 heterocycles. The van der Waals surface area contributed by atoms with Gasteiger partial charge in [0.05, 0.1) is 5.41 Å². The fraction of sp³-hybridized carbons (Fsp3) is 0.562. The van der Waals surface area contributed by atoms with Crippen LogP contribution in [-0.2, 0) is 11.3 Å². The minimum atomic E-state index is -0.644. The third-order valence-electron chi connectivity index (χ3n) is 3.98. The molecule has 1 aromatic carbocycles. The van der Waals surface area contributed by atoms with Crippen molar-refractivity contribution in [2.24, 2.45) is 5.41 Å². The highest BCUT2D eigenvalue weighted by Gasteiger charge is 2.50. The van der Waals surface area contributed by atoms with Gasteiger partial charge in [-0.1, -0.05) is 38.1 Å². The molecule has 0 unspecified atom stereocenters. The molecule has 1 aromatic rings. The summed E-state index contributed by atoms with van der Waals surface area (Å²) in [7, 11) is 2.00. The van der Waals surface area contributed by atoms with Crippen LogP contribution in [0.5, 0.6) is 0 Å². The van der Waals surface area contributed by atoms with Gasteiger partial charge in [0.2, 0.25) is 0 Å². The number of nitrogens with zero attached hydrogens (tertiary/aromatic N) is 1. The largest absolute Gasteiger partial charge is 0.481 e. The van der Waals surface area contributed by atoms with Crippen LogP contribution in [0.25, 0.3) is 0 Å². The average molecular weight is 261 g/mol. The van der Waals surface area contributed by atoms with E-state index in [-0.39, 0.29) is 0 Å². The molecule has 0 aromatic heterocycles. The summed E-state index contributed by atoms with van der Waals surface area (Å²) in [5.74, 6) is -0.0944. The number of benzene rings is 1. The zero-order valence-electron chi connectivity index (χ0n) is 12.0. The lowest BCUT2D eigenvalue weighted by Crippen LogP contribution is -2.31. The average Bonchev–Trinajstić information content (AvgIpc) is 3.10. The van der Waals surface area contributed by atoms with Crippen molar-refractivity contribution in [3.8, 4) is 0 Å². The minimum Gasteiger partial charge on any atom is -0.481 e. The Labute approximate surface area is 115 Å². The molecule has 1 fully saturated rings. The molecule has 1 aliphatic rings. The second kappa shape index (κ2) is 5.33. The van der Waals surface area contributed by atoms with Crippen LogP contribution in [-0.4, -0.2) is 29.6 Å². The van der Waals surface area contributed by atoms with E-state index in [1.54, 1.807) is 0 Å². The molecule has 3 heteroatoms. The number of hydrogen-bond donors (Lipinski definition) is 1. The second-order valence-corrected chi connectivity index (χ2v) is 6.15. The van der Waals surface area contributed by atoms with E-state index in [0.717, 1.165) is 19.4 Å². The lowest BCUT2D eigenvalue weighted by Gasteiger charge is -2.21. The van der Waals surface area contributed by atoms with Gasteiger partial charge in [0.1, 0.15) is 0 Å². The van der Waals surface area contributed by atoms with Crippen LogP contribution >= 0.6 is 0 Å². The molecule has 3 nitrogen and oxygen atoms in total. The number of aliphatic carboxylic acids is 1. The first-order valence-corrected chi connectivity index (χ1v) is 6.94. The first-order chi connectivity index (χ1) is 8.93. The Morgan fingerprint density at radius 1 is 1.32 bits per heavy atom. The maximum absolute atomic E-state index is 11.2. The van der Waals surface area contributed by atoms with Gasteiger partial charge in [-0.15, -0.1) is 0 Å². The van der Waals surface area contributed by atoms with Gasteiger partial charge in [0.25, 0.3) is 0 Å². The Bertz CT molecular complexity index is 446. The van der Waals surface area contributed by atoms with E-state index in [2.05, 4.69) is 43.0 Å². The number of rotatable bonds is 6. The standard InChI is InChI=1S/C16H23NO2/c1-12(2)14-6-4-13(5-7-14)10-17(3)11-16(8-9-16)15(18)19/h4-7,12H,8-11H2,1-3H3,(H,18,19). The zero-order chi connectivity index (χ0) is 14.0. The summed E-state index contributed by atoms with van der Waals surface area (Å²) in [6.07, 6.45) is 1.64. The monoisotopic (exact) mass is 261 g/mol. The summed E-state index contributed by atoms with van der Waals surface area (Å²) >= 11 is 0. The van der Waals surface area contributed by atoms with E-state index in [4.69, 9.17) is 0 Å². The zero-order valence-corrected chi connectivity index (χ0v) is 12.0. The highest BCUT2D eigenvalue weighted by molar-refractivity contribution is 5.78. The fourth-order valence-corrected chi connectivity index (χ4v) is 2.48. The molecule has 1 aliphatic carbocycles. The van der Waals surface area contributed by atoms with Crippen molar-refractivity contribution in [2.45, 2.75) is 39.2 Å². The van der Waals surface area contributed by atoms with Gasteiger partial charge in [-0.05, 0) is 36.9 Å². The SMILES string of the molecule is CC(C)c1ccc(CN(C)CC2(C(=O)O)CC2)cc1. The van der Waals surface area contributed by atoms with Crippen LogP contribution in [0.4, 0.5) is 0 Å². The maximum Gasteiger partial charge on any atom is 0.310 e.